The van der Waals surface area contributed by atoms with E-state index in [-0.39, 0.29) is 6.61 Å². The summed E-state index contributed by atoms with van der Waals surface area (Å²) in [6.07, 6.45) is 2.91. The van der Waals surface area contributed by atoms with E-state index >= 15 is 0 Å². The maximum absolute atomic E-state index is 11.8. The summed E-state index contributed by atoms with van der Waals surface area (Å²) in [6.45, 7) is 2.13. The van der Waals surface area contributed by atoms with E-state index in [2.05, 4.69) is 21.2 Å². The predicted molar refractivity (Wildman–Crippen MR) is 100 cm³/mol. The number of carbonyl (C=O) groups is 2. The molecule has 5 nitrogen and oxygen atoms in total. The van der Waals surface area contributed by atoms with Gasteiger partial charge in [-0.05, 0) is 55.0 Å². The number of benzene rings is 2. The third-order valence-corrected chi connectivity index (χ3v) is 3.61. The molecule has 0 aliphatic heterocycles. The highest BCUT2D eigenvalue weighted by Crippen LogP contribution is 2.15. The largest absolute Gasteiger partial charge is 0.494 e. The fraction of sp³-hybridized carbons (Fsp3) is 0.158. The number of hydrogen-bond acceptors (Lipinski definition) is 4. The van der Waals surface area contributed by atoms with Crippen molar-refractivity contribution in [2.24, 2.45) is 0 Å². The van der Waals surface area contributed by atoms with E-state index in [1.807, 2.05) is 31.2 Å². The Morgan fingerprint density at radius 1 is 1.08 bits per heavy atom. The highest BCUT2D eigenvalue weighted by molar-refractivity contribution is 9.10. The Labute approximate surface area is 154 Å². The smallest absolute Gasteiger partial charge is 0.331 e. The molecule has 0 radical (unpaired) electrons. The molecule has 0 unspecified atom stereocenters. The van der Waals surface area contributed by atoms with Gasteiger partial charge in [-0.25, -0.2) is 4.79 Å². The summed E-state index contributed by atoms with van der Waals surface area (Å²) in [5.41, 5.74) is 1.47. The summed E-state index contributed by atoms with van der Waals surface area (Å²) < 4.78 is 11.2. The summed E-state index contributed by atoms with van der Waals surface area (Å²) in [7, 11) is 0. The van der Waals surface area contributed by atoms with Crippen molar-refractivity contribution in [2.75, 3.05) is 18.5 Å². The second-order valence-corrected chi connectivity index (χ2v) is 5.91. The molecule has 130 valence electrons. The Hall–Kier alpha value is -2.60. The number of esters is 1. The first-order chi connectivity index (χ1) is 12.1. The maximum atomic E-state index is 11.8. The van der Waals surface area contributed by atoms with E-state index in [4.69, 9.17) is 9.47 Å². The van der Waals surface area contributed by atoms with Gasteiger partial charge in [-0.15, -0.1) is 0 Å². The van der Waals surface area contributed by atoms with Crippen LogP contribution in [0, 0.1) is 0 Å². The minimum atomic E-state index is -0.579. The van der Waals surface area contributed by atoms with Crippen LogP contribution in [0.3, 0.4) is 0 Å². The summed E-state index contributed by atoms with van der Waals surface area (Å²) in [5.74, 6) is -0.260. The molecule has 2 aromatic carbocycles. The minimum absolute atomic E-state index is 0.350. The summed E-state index contributed by atoms with van der Waals surface area (Å²) in [5, 5.41) is 2.65. The first-order valence-corrected chi connectivity index (χ1v) is 8.49. The van der Waals surface area contributed by atoms with Gasteiger partial charge in [0.15, 0.2) is 6.61 Å². The first-order valence-electron chi connectivity index (χ1n) is 7.70. The van der Waals surface area contributed by atoms with Gasteiger partial charge >= 0.3 is 5.97 Å². The van der Waals surface area contributed by atoms with Crippen molar-refractivity contribution < 1.29 is 19.1 Å². The second kappa shape index (κ2) is 9.64. The zero-order chi connectivity index (χ0) is 18.1. The fourth-order valence-corrected chi connectivity index (χ4v) is 2.19. The quantitative estimate of drug-likeness (QED) is 0.559. The SMILES string of the molecule is CCOc1ccc(NC(=O)COC(=O)/C=C/c2ccc(Br)cc2)cc1. The van der Waals surface area contributed by atoms with Gasteiger partial charge in [0.05, 0.1) is 6.61 Å². The van der Waals surface area contributed by atoms with Gasteiger partial charge in [0.1, 0.15) is 5.75 Å². The first kappa shape index (κ1) is 18.7. The van der Waals surface area contributed by atoms with Crippen LogP contribution in [-0.4, -0.2) is 25.1 Å². The van der Waals surface area contributed by atoms with Crippen molar-refractivity contribution in [3.05, 3.63) is 64.6 Å². The molecule has 0 aromatic heterocycles. The molecular formula is C19H18BrNO4. The number of amides is 1. The van der Waals surface area contributed by atoms with Crippen LogP contribution in [-0.2, 0) is 14.3 Å². The molecule has 0 aliphatic carbocycles. The number of nitrogens with one attached hydrogen (secondary N) is 1. The Bertz CT molecular complexity index is 739. The maximum Gasteiger partial charge on any atom is 0.331 e. The molecule has 0 aliphatic rings. The summed E-state index contributed by atoms with van der Waals surface area (Å²) in [6, 6.07) is 14.4. The van der Waals surface area contributed by atoms with Gasteiger partial charge in [-0.1, -0.05) is 28.1 Å². The van der Waals surface area contributed by atoms with Crippen molar-refractivity contribution in [1.29, 1.82) is 0 Å². The Morgan fingerprint density at radius 3 is 2.40 bits per heavy atom. The number of anilines is 1. The zero-order valence-corrected chi connectivity index (χ0v) is 15.3. The molecule has 25 heavy (non-hydrogen) atoms. The van der Waals surface area contributed by atoms with Gasteiger partial charge < -0.3 is 14.8 Å². The average molecular weight is 404 g/mol. The molecule has 0 heterocycles. The average Bonchev–Trinajstić information content (AvgIpc) is 2.61. The van der Waals surface area contributed by atoms with Gasteiger partial charge in [-0.2, -0.15) is 0 Å². The highest BCUT2D eigenvalue weighted by atomic mass is 79.9. The third-order valence-electron chi connectivity index (χ3n) is 3.08. The van der Waals surface area contributed by atoms with E-state index in [0.29, 0.717) is 12.3 Å². The van der Waals surface area contributed by atoms with Crippen LogP contribution in [0.25, 0.3) is 6.08 Å². The van der Waals surface area contributed by atoms with Crippen LogP contribution in [0.5, 0.6) is 5.75 Å². The van der Waals surface area contributed by atoms with E-state index in [0.717, 1.165) is 15.8 Å². The van der Waals surface area contributed by atoms with Crippen LogP contribution in [0.15, 0.2) is 59.1 Å². The lowest BCUT2D eigenvalue weighted by Gasteiger charge is -2.07. The number of rotatable bonds is 7. The predicted octanol–water partition coefficient (Wildman–Crippen LogP) is 4.04. The van der Waals surface area contributed by atoms with Gasteiger partial charge in [0.2, 0.25) is 0 Å². The second-order valence-electron chi connectivity index (χ2n) is 5.00. The standard InChI is InChI=1S/C19H18BrNO4/c1-2-24-17-10-8-16(9-11-17)21-18(22)13-25-19(23)12-5-14-3-6-15(20)7-4-14/h3-12H,2,13H2,1H3,(H,21,22)/b12-5+. The Morgan fingerprint density at radius 2 is 1.76 bits per heavy atom. The van der Waals surface area contributed by atoms with Crippen LogP contribution in [0.4, 0.5) is 5.69 Å². The molecule has 0 bridgehead atoms. The number of ether oxygens (including phenoxy) is 2. The van der Waals surface area contributed by atoms with Crippen LogP contribution < -0.4 is 10.1 Å². The van der Waals surface area contributed by atoms with E-state index in [1.165, 1.54) is 6.08 Å². The Balaban J connectivity index is 1.76. The monoisotopic (exact) mass is 403 g/mol. The number of carbonyl (C=O) groups excluding carboxylic acids is 2. The van der Waals surface area contributed by atoms with E-state index in [1.54, 1.807) is 30.3 Å². The molecule has 0 saturated carbocycles. The van der Waals surface area contributed by atoms with Crippen LogP contribution in [0.1, 0.15) is 12.5 Å². The van der Waals surface area contributed by atoms with Gasteiger partial charge in [0, 0.05) is 16.2 Å². The number of halogens is 1. The highest BCUT2D eigenvalue weighted by Gasteiger charge is 2.06. The number of hydrogen-bond donors (Lipinski definition) is 1. The molecule has 0 atom stereocenters. The minimum Gasteiger partial charge on any atom is -0.494 e. The topological polar surface area (TPSA) is 64.6 Å². The molecule has 6 heteroatoms. The molecular weight excluding hydrogens is 386 g/mol. The normalized spacial score (nSPS) is 10.5. The van der Waals surface area contributed by atoms with Gasteiger partial charge in [-0.3, -0.25) is 4.79 Å². The zero-order valence-electron chi connectivity index (χ0n) is 13.7. The fourth-order valence-electron chi connectivity index (χ4n) is 1.92. The Kier molecular flexibility index (Phi) is 7.22. The van der Waals surface area contributed by atoms with E-state index < -0.39 is 11.9 Å². The van der Waals surface area contributed by atoms with E-state index in [9.17, 15) is 9.59 Å². The molecule has 1 amide bonds. The lowest BCUT2D eigenvalue weighted by molar-refractivity contribution is -0.142. The van der Waals surface area contributed by atoms with Crippen molar-refractivity contribution in [3.8, 4) is 5.75 Å². The molecule has 0 fully saturated rings. The molecule has 2 aromatic rings. The molecule has 0 saturated heterocycles. The third kappa shape index (κ3) is 6.81. The van der Waals surface area contributed by atoms with Crippen LogP contribution >= 0.6 is 15.9 Å². The van der Waals surface area contributed by atoms with Crippen molar-refractivity contribution in [1.82, 2.24) is 0 Å². The van der Waals surface area contributed by atoms with Gasteiger partial charge in [0.25, 0.3) is 5.91 Å². The lowest BCUT2D eigenvalue weighted by atomic mass is 10.2. The van der Waals surface area contributed by atoms with Crippen LogP contribution in [0.2, 0.25) is 0 Å². The van der Waals surface area contributed by atoms with Crippen molar-refractivity contribution >= 4 is 39.6 Å². The molecule has 0 spiro atoms. The van der Waals surface area contributed by atoms with Crippen molar-refractivity contribution in [3.63, 3.8) is 0 Å². The van der Waals surface area contributed by atoms with Crippen molar-refractivity contribution in [2.45, 2.75) is 6.92 Å². The molecule has 2 rings (SSSR count). The molecule has 1 N–H and O–H groups in total. The lowest BCUT2D eigenvalue weighted by Crippen LogP contribution is -2.20. The summed E-state index contributed by atoms with van der Waals surface area (Å²) in [4.78, 5) is 23.4. The summed E-state index contributed by atoms with van der Waals surface area (Å²) >= 11 is 3.34.